The zero-order valence-electron chi connectivity index (χ0n) is 21.3. The second-order valence-corrected chi connectivity index (χ2v) is 9.19. The summed E-state index contributed by atoms with van der Waals surface area (Å²) in [5.41, 5.74) is 9.41. The molecule has 1 aromatic heterocycles. The lowest BCUT2D eigenvalue weighted by atomic mass is 9.83. The summed E-state index contributed by atoms with van der Waals surface area (Å²) >= 11 is 0. The number of unbranched alkanes of at least 4 members (excludes halogenated alkanes) is 2. The molecule has 1 atom stereocenters. The molecule has 0 bridgehead atoms. The van der Waals surface area contributed by atoms with Crippen molar-refractivity contribution in [2.24, 2.45) is 5.73 Å². The number of aryl methyl sites for hydroxylation is 1. The lowest BCUT2D eigenvalue weighted by molar-refractivity contribution is 0.0702. The predicted molar refractivity (Wildman–Crippen MR) is 143 cm³/mol. The molecule has 2 N–H and O–H groups in total. The Morgan fingerprint density at radius 2 is 1.82 bits per heavy atom. The number of nitrogens with two attached hydrogens (primary N) is 1. The van der Waals surface area contributed by atoms with Crippen molar-refractivity contribution in [3.05, 3.63) is 101 Å². The van der Waals surface area contributed by atoms with Gasteiger partial charge in [-0.25, -0.2) is 4.79 Å². The molecule has 2 heterocycles. The van der Waals surface area contributed by atoms with Gasteiger partial charge in [0, 0.05) is 22.6 Å². The van der Waals surface area contributed by atoms with E-state index in [9.17, 15) is 10.1 Å². The largest absolute Gasteiger partial charge is 0.494 e. The number of rotatable bonds is 8. The van der Waals surface area contributed by atoms with E-state index in [2.05, 4.69) is 13.0 Å². The molecular weight excluding hydrogens is 480 g/mol. The molecule has 0 radical (unpaired) electrons. The number of hydrogen-bond acceptors (Lipinski definition) is 7. The molecule has 0 saturated heterocycles. The number of esters is 1. The Bertz CT molecular complexity index is 1560. The van der Waals surface area contributed by atoms with Gasteiger partial charge in [-0.1, -0.05) is 56.2 Å². The van der Waals surface area contributed by atoms with Crippen LogP contribution < -0.4 is 19.9 Å². The number of carbonyl (C=O) groups is 1. The number of carbonyl (C=O) groups excluding carboxylic acids is 1. The van der Waals surface area contributed by atoms with Crippen LogP contribution in [0.5, 0.6) is 17.2 Å². The zero-order valence-corrected chi connectivity index (χ0v) is 21.3. The molecule has 1 aliphatic heterocycles. The van der Waals surface area contributed by atoms with Crippen LogP contribution in [0.4, 0.5) is 0 Å². The molecule has 5 rings (SSSR count). The highest BCUT2D eigenvalue weighted by atomic mass is 16.5. The smallest absolute Gasteiger partial charge is 0.379 e. The third kappa shape index (κ3) is 4.81. The Hall–Kier alpha value is -4.70. The molecule has 0 amide bonds. The average Bonchev–Trinajstić information content (AvgIpc) is 3.27. The molecular formula is C31H28N2O5. The summed E-state index contributed by atoms with van der Waals surface area (Å²) < 4.78 is 23.0. The van der Waals surface area contributed by atoms with E-state index < -0.39 is 11.9 Å². The van der Waals surface area contributed by atoms with Gasteiger partial charge in [-0.3, -0.25) is 0 Å². The van der Waals surface area contributed by atoms with E-state index in [1.54, 1.807) is 24.3 Å². The number of benzene rings is 3. The summed E-state index contributed by atoms with van der Waals surface area (Å²) in [6.45, 7) is 4.64. The molecule has 7 heteroatoms. The van der Waals surface area contributed by atoms with Crippen LogP contribution in [-0.2, 0) is 0 Å². The van der Waals surface area contributed by atoms with Crippen LogP contribution in [0.2, 0.25) is 0 Å². The van der Waals surface area contributed by atoms with Crippen LogP contribution in [0.1, 0.15) is 59.3 Å². The van der Waals surface area contributed by atoms with Crippen LogP contribution in [0.25, 0.3) is 11.0 Å². The molecule has 0 saturated carbocycles. The minimum Gasteiger partial charge on any atom is -0.494 e. The Morgan fingerprint density at radius 3 is 2.55 bits per heavy atom. The van der Waals surface area contributed by atoms with E-state index in [1.165, 1.54) is 0 Å². The van der Waals surface area contributed by atoms with E-state index in [0.717, 1.165) is 41.5 Å². The first-order chi connectivity index (χ1) is 18.5. The SMILES string of the molecule is CCCCCOc1ccc(C2C(C#N)=C(N)Oc3cc(OC(=O)c4oc5ccccc5c4C)ccc32)cc1. The minimum atomic E-state index is -0.609. The highest BCUT2D eigenvalue weighted by Gasteiger charge is 2.31. The number of furan rings is 1. The molecule has 38 heavy (non-hydrogen) atoms. The van der Waals surface area contributed by atoms with Crippen molar-refractivity contribution in [3.8, 4) is 23.3 Å². The number of fused-ring (bicyclic) bond motifs is 2. The number of nitrogens with zero attached hydrogens (tertiary/aromatic N) is 1. The van der Waals surface area contributed by atoms with Crippen molar-refractivity contribution in [1.82, 2.24) is 0 Å². The number of nitriles is 1. The van der Waals surface area contributed by atoms with Gasteiger partial charge in [0.25, 0.3) is 0 Å². The second-order valence-electron chi connectivity index (χ2n) is 9.19. The normalized spacial score (nSPS) is 14.5. The Morgan fingerprint density at radius 1 is 1.05 bits per heavy atom. The third-order valence-electron chi connectivity index (χ3n) is 6.66. The first-order valence-corrected chi connectivity index (χ1v) is 12.6. The van der Waals surface area contributed by atoms with Gasteiger partial charge < -0.3 is 24.4 Å². The highest BCUT2D eigenvalue weighted by molar-refractivity contribution is 5.96. The topological polar surface area (TPSA) is 108 Å². The predicted octanol–water partition coefficient (Wildman–Crippen LogP) is 6.75. The fourth-order valence-corrected chi connectivity index (χ4v) is 4.66. The second kappa shape index (κ2) is 10.7. The first-order valence-electron chi connectivity index (χ1n) is 12.6. The van der Waals surface area contributed by atoms with E-state index in [-0.39, 0.29) is 17.4 Å². The molecule has 4 aromatic rings. The summed E-state index contributed by atoms with van der Waals surface area (Å²) in [5.74, 6) is 0.583. The van der Waals surface area contributed by atoms with Crippen LogP contribution in [0, 0.1) is 18.3 Å². The summed E-state index contributed by atoms with van der Waals surface area (Å²) in [5, 5.41) is 10.7. The van der Waals surface area contributed by atoms with Gasteiger partial charge in [0.05, 0.1) is 12.5 Å². The Balaban J connectivity index is 1.40. The zero-order chi connectivity index (χ0) is 26.6. The van der Waals surface area contributed by atoms with E-state index in [4.69, 9.17) is 24.4 Å². The number of allylic oxidation sites excluding steroid dienone is 1. The van der Waals surface area contributed by atoms with Gasteiger partial charge in [0.15, 0.2) is 0 Å². The van der Waals surface area contributed by atoms with Crippen molar-refractivity contribution in [1.29, 1.82) is 5.26 Å². The van der Waals surface area contributed by atoms with E-state index in [1.807, 2.05) is 49.4 Å². The van der Waals surface area contributed by atoms with E-state index in [0.29, 0.717) is 29.1 Å². The molecule has 3 aromatic carbocycles. The lowest BCUT2D eigenvalue weighted by Gasteiger charge is -2.26. The van der Waals surface area contributed by atoms with Gasteiger partial charge in [0.1, 0.15) is 34.5 Å². The van der Waals surface area contributed by atoms with Crippen molar-refractivity contribution < 1.29 is 23.4 Å². The standard InChI is InChI=1S/C31H28N2O5/c1-3-4-7-16-35-21-12-10-20(11-13-21)28-24-15-14-22(17-27(24)38-30(33)25(28)18-32)36-31(34)29-19(2)23-8-5-6-9-26(23)37-29/h5-6,8-15,17,28H,3-4,7,16,33H2,1-2H3. The van der Waals surface area contributed by atoms with Gasteiger partial charge in [-0.2, -0.15) is 5.26 Å². The lowest BCUT2D eigenvalue weighted by Crippen LogP contribution is -2.21. The fourth-order valence-electron chi connectivity index (χ4n) is 4.66. The number of para-hydroxylation sites is 1. The van der Waals surface area contributed by atoms with Gasteiger partial charge in [-0.15, -0.1) is 0 Å². The maximum atomic E-state index is 12.9. The summed E-state index contributed by atoms with van der Waals surface area (Å²) in [6, 6.07) is 22.3. The van der Waals surface area contributed by atoms with Crippen LogP contribution in [0.3, 0.4) is 0 Å². The van der Waals surface area contributed by atoms with Crippen molar-refractivity contribution in [3.63, 3.8) is 0 Å². The number of ether oxygens (including phenoxy) is 3. The fraction of sp³-hybridized carbons (Fsp3) is 0.226. The maximum absolute atomic E-state index is 12.9. The summed E-state index contributed by atoms with van der Waals surface area (Å²) in [7, 11) is 0. The molecule has 0 fully saturated rings. The van der Waals surface area contributed by atoms with Crippen LogP contribution >= 0.6 is 0 Å². The summed E-state index contributed by atoms with van der Waals surface area (Å²) in [4.78, 5) is 12.9. The quantitative estimate of drug-likeness (QED) is 0.159. The van der Waals surface area contributed by atoms with E-state index >= 15 is 0 Å². The molecule has 7 nitrogen and oxygen atoms in total. The monoisotopic (exact) mass is 508 g/mol. The van der Waals surface area contributed by atoms with Crippen LogP contribution in [0.15, 0.2) is 82.6 Å². The summed E-state index contributed by atoms with van der Waals surface area (Å²) in [6.07, 6.45) is 3.27. The highest BCUT2D eigenvalue weighted by Crippen LogP contribution is 2.43. The first kappa shape index (κ1) is 25.0. The molecule has 1 aliphatic rings. The van der Waals surface area contributed by atoms with Crippen LogP contribution in [-0.4, -0.2) is 12.6 Å². The van der Waals surface area contributed by atoms with Gasteiger partial charge >= 0.3 is 5.97 Å². The van der Waals surface area contributed by atoms with Crippen molar-refractivity contribution >= 4 is 16.9 Å². The Labute approximate surface area is 221 Å². The van der Waals surface area contributed by atoms with Crippen molar-refractivity contribution in [2.75, 3.05) is 6.61 Å². The Kier molecular flexibility index (Phi) is 7.05. The molecule has 192 valence electrons. The van der Waals surface area contributed by atoms with Gasteiger partial charge in [-0.05, 0) is 43.2 Å². The molecule has 0 spiro atoms. The minimum absolute atomic E-state index is 0.0153. The maximum Gasteiger partial charge on any atom is 0.379 e. The molecule has 1 unspecified atom stereocenters. The van der Waals surface area contributed by atoms with Crippen molar-refractivity contribution in [2.45, 2.75) is 39.0 Å². The number of hydrogen-bond donors (Lipinski definition) is 1. The molecule has 0 aliphatic carbocycles. The third-order valence-corrected chi connectivity index (χ3v) is 6.66. The average molecular weight is 509 g/mol. The van der Waals surface area contributed by atoms with Gasteiger partial charge in [0.2, 0.25) is 11.6 Å².